The van der Waals surface area contributed by atoms with Crippen LogP contribution in [0.25, 0.3) is 0 Å². The summed E-state index contributed by atoms with van der Waals surface area (Å²) in [6.45, 7) is 6.81. The van der Waals surface area contributed by atoms with Crippen molar-refractivity contribution in [1.82, 2.24) is 0 Å². The topological polar surface area (TPSA) is 35.5 Å². The fourth-order valence-electron chi connectivity index (χ4n) is 2.69. The zero-order valence-corrected chi connectivity index (χ0v) is 15.5. The Bertz CT molecular complexity index is 654. The molecule has 0 atom stereocenters. The van der Waals surface area contributed by atoms with Crippen molar-refractivity contribution in [3.8, 4) is 11.5 Å². The van der Waals surface area contributed by atoms with Crippen LogP contribution in [0.4, 0.5) is 0 Å². The van der Waals surface area contributed by atoms with Gasteiger partial charge in [0.15, 0.2) is 0 Å². The van der Waals surface area contributed by atoms with E-state index in [9.17, 15) is 4.79 Å². The van der Waals surface area contributed by atoms with Crippen molar-refractivity contribution in [2.24, 2.45) is 0 Å². The quantitative estimate of drug-likeness (QED) is 0.325. The van der Waals surface area contributed by atoms with Crippen molar-refractivity contribution in [2.75, 3.05) is 6.61 Å². The second-order valence-corrected chi connectivity index (χ2v) is 6.40. The van der Waals surface area contributed by atoms with Crippen LogP contribution in [0.2, 0.25) is 0 Å². The van der Waals surface area contributed by atoms with Crippen LogP contribution in [-0.4, -0.2) is 12.6 Å². The Labute approximate surface area is 151 Å². The van der Waals surface area contributed by atoms with Crippen molar-refractivity contribution in [1.29, 1.82) is 0 Å². The fourth-order valence-corrected chi connectivity index (χ4v) is 2.69. The van der Waals surface area contributed by atoms with Gasteiger partial charge < -0.3 is 9.47 Å². The molecule has 2 aromatic carbocycles. The maximum atomic E-state index is 12.3. The molecule has 0 heterocycles. The molecule has 25 heavy (non-hydrogen) atoms. The van der Waals surface area contributed by atoms with Crippen LogP contribution < -0.4 is 9.47 Å². The standard InChI is InChI=1S/C22H28O3/c1-4-5-6-7-8-16-24-20-14-12-19(13-15-20)22(23)25-21-17(2)10-9-11-18(21)3/h9-15H,4-8,16H2,1-3H3. The van der Waals surface area contributed by atoms with Crippen LogP contribution in [-0.2, 0) is 0 Å². The molecule has 0 aromatic heterocycles. The van der Waals surface area contributed by atoms with Crippen LogP contribution in [0, 0.1) is 13.8 Å². The van der Waals surface area contributed by atoms with Gasteiger partial charge in [0.1, 0.15) is 11.5 Å². The highest BCUT2D eigenvalue weighted by molar-refractivity contribution is 5.91. The zero-order valence-electron chi connectivity index (χ0n) is 15.5. The summed E-state index contributed by atoms with van der Waals surface area (Å²) in [5.74, 6) is 1.09. The minimum absolute atomic E-state index is 0.344. The normalized spacial score (nSPS) is 10.5. The van der Waals surface area contributed by atoms with Gasteiger partial charge in [0.05, 0.1) is 12.2 Å². The number of aryl methyl sites for hydroxylation is 2. The molecule has 0 spiro atoms. The van der Waals surface area contributed by atoms with E-state index in [1.807, 2.05) is 44.2 Å². The van der Waals surface area contributed by atoms with Gasteiger partial charge in [-0.2, -0.15) is 0 Å². The number of esters is 1. The minimum Gasteiger partial charge on any atom is -0.494 e. The molecule has 0 bridgehead atoms. The van der Waals surface area contributed by atoms with E-state index in [-0.39, 0.29) is 5.97 Å². The van der Waals surface area contributed by atoms with Gasteiger partial charge >= 0.3 is 5.97 Å². The molecule has 0 aliphatic rings. The van der Waals surface area contributed by atoms with Crippen LogP contribution >= 0.6 is 0 Å². The van der Waals surface area contributed by atoms with Gasteiger partial charge in [-0.05, 0) is 55.7 Å². The number of carbonyl (C=O) groups excluding carboxylic acids is 1. The van der Waals surface area contributed by atoms with Gasteiger partial charge in [-0.25, -0.2) is 4.79 Å². The number of ether oxygens (including phenoxy) is 2. The lowest BCUT2D eigenvalue weighted by molar-refractivity contribution is 0.0732. The van der Waals surface area contributed by atoms with Gasteiger partial charge in [-0.1, -0.05) is 50.8 Å². The smallest absolute Gasteiger partial charge is 0.343 e. The van der Waals surface area contributed by atoms with Crippen molar-refractivity contribution in [3.63, 3.8) is 0 Å². The summed E-state index contributed by atoms with van der Waals surface area (Å²) in [6.07, 6.45) is 6.07. The van der Waals surface area contributed by atoms with E-state index in [4.69, 9.17) is 9.47 Å². The third kappa shape index (κ3) is 5.93. The average Bonchev–Trinajstić information content (AvgIpc) is 2.61. The van der Waals surface area contributed by atoms with Gasteiger partial charge in [-0.3, -0.25) is 0 Å². The summed E-state index contributed by atoms with van der Waals surface area (Å²) in [4.78, 5) is 12.3. The predicted octanol–water partition coefficient (Wildman–Crippen LogP) is 5.87. The molecule has 134 valence electrons. The number of hydrogen-bond acceptors (Lipinski definition) is 3. The van der Waals surface area contributed by atoms with E-state index in [1.54, 1.807) is 12.1 Å². The molecule has 0 N–H and O–H groups in total. The molecule has 0 unspecified atom stereocenters. The highest BCUT2D eigenvalue weighted by atomic mass is 16.5. The van der Waals surface area contributed by atoms with Crippen molar-refractivity contribution < 1.29 is 14.3 Å². The van der Waals surface area contributed by atoms with E-state index in [2.05, 4.69) is 6.92 Å². The molecule has 2 rings (SSSR count). The van der Waals surface area contributed by atoms with E-state index < -0.39 is 0 Å². The third-order valence-corrected chi connectivity index (χ3v) is 4.21. The maximum Gasteiger partial charge on any atom is 0.343 e. The van der Waals surface area contributed by atoms with Crippen molar-refractivity contribution in [2.45, 2.75) is 52.9 Å². The molecule has 0 saturated carbocycles. The Hall–Kier alpha value is -2.29. The van der Waals surface area contributed by atoms with Crippen LogP contribution in [0.5, 0.6) is 11.5 Å². The van der Waals surface area contributed by atoms with Crippen molar-refractivity contribution >= 4 is 5.97 Å². The fraction of sp³-hybridized carbons (Fsp3) is 0.409. The second kappa shape index (κ2) is 9.87. The number of benzene rings is 2. The van der Waals surface area contributed by atoms with E-state index >= 15 is 0 Å². The summed E-state index contributed by atoms with van der Waals surface area (Å²) < 4.78 is 11.3. The molecule has 0 aliphatic heterocycles. The molecule has 2 aromatic rings. The molecule has 0 saturated heterocycles. The number of rotatable bonds is 9. The van der Waals surface area contributed by atoms with Gasteiger partial charge in [-0.15, -0.1) is 0 Å². The van der Waals surface area contributed by atoms with Crippen LogP contribution in [0.15, 0.2) is 42.5 Å². The molecular weight excluding hydrogens is 312 g/mol. The summed E-state index contributed by atoms with van der Waals surface area (Å²) >= 11 is 0. The zero-order chi connectivity index (χ0) is 18.1. The lowest BCUT2D eigenvalue weighted by atomic mass is 10.1. The first kappa shape index (κ1) is 19.0. The first-order valence-electron chi connectivity index (χ1n) is 9.13. The molecule has 0 aliphatic carbocycles. The highest BCUT2D eigenvalue weighted by Gasteiger charge is 2.12. The van der Waals surface area contributed by atoms with Gasteiger partial charge in [0.25, 0.3) is 0 Å². The lowest BCUT2D eigenvalue weighted by Gasteiger charge is -2.11. The Morgan fingerprint density at radius 2 is 1.52 bits per heavy atom. The molecule has 0 fully saturated rings. The van der Waals surface area contributed by atoms with E-state index in [0.717, 1.165) is 29.9 Å². The summed E-state index contributed by atoms with van der Waals surface area (Å²) in [5, 5.41) is 0. The Morgan fingerprint density at radius 3 is 2.16 bits per heavy atom. The van der Waals surface area contributed by atoms with Crippen LogP contribution in [0.1, 0.15) is 60.5 Å². The molecule has 3 heteroatoms. The van der Waals surface area contributed by atoms with Gasteiger partial charge in [0, 0.05) is 0 Å². The molecule has 0 radical (unpaired) electrons. The summed E-state index contributed by atoms with van der Waals surface area (Å²) in [5.41, 5.74) is 2.44. The Balaban J connectivity index is 1.86. The molecule has 3 nitrogen and oxygen atoms in total. The molecular formula is C22H28O3. The van der Waals surface area contributed by atoms with E-state index in [0.29, 0.717) is 11.3 Å². The number of hydrogen-bond donors (Lipinski definition) is 0. The van der Waals surface area contributed by atoms with Crippen molar-refractivity contribution in [3.05, 3.63) is 59.2 Å². The Kier molecular flexibility index (Phi) is 7.52. The largest absolute Gasteiger partial charge is 0.494 e. The van der Waals surface area contributed by atoms with E-state index in [1.165, 1.54) is 25.7 Å². The third-order valence-electron chi connectivity index (χ3n) is 4.21. The number of carbonyl (C=O) groups is 1. The summed E-state index contributed by atoms with van der Waals surface area (Å²) in [7, 11) is 0. The maximum absolute atomic E-state index is 12.3. The Morgan fingerprint density at radius 1 is 0.880 bits per heavy atom. The van der Waals surface area contributed by atoms with Gasteiger partial charge in [0.2, 0.25) is 0 Å². The summed E-state index contributed by atoms with van der Waals surface area (Å²) in [6, 6.07) is 13.0. The second-order valence-electron chi connectivity index (χ2n) is 6.40. The monoisotopic (exact) mass is 340 g/mol. The van der Waals surface area contributed by atoms with Crippen LogP contribution in [0.3, 0.4) is 0 Å². The minimum atomic E-state index is -0.344. The first-order valence-corrected chi connectivity index (χ1v) is 9.13. The average molecular weight is 340 g/mol. The predicted molar refractivity (Wildman–Crippen MR) is 102 cm³/mol. The first-order chi connectivity index (χ1) is 12.1. The lowest BCUT2D eigenvalue weighted by Crippen LogP contribution is -2.10. The SMILES string of the molecule is CCCCCCCOc1ccc(C(=O)Oc2c(C)cccc2C)cc1. The number of unbranched alkanes of at least 4 members (excludes halogenated alkanes) is 4. The molecule has 0 amide bonds. The highest BCUT2D eigenvalue weighted by Crippen LogP contribution is 2.24. The number of para-hydroxylation sites is 1.